The summed E-state index contributed by atoms with van der Waals surface area (Å²) in [4.78, 5) is 0. The lowest BCUT2D eigenvalue weighted by Gasteiger charge is -2.06. The van der Waals surface area contributed by atoms with E-state index in [-0.39, 0.29) is 0 Å². The molecule has 0 saturated carbocycles. The molecule has 0 N–H and O–H groups in total. The quantitative estimate of drug-likeness (QED) is 0.354. The normalized spacial score (nSPS) is 18.3. The summed E-state index contributed by atoms with van der Waals surface area (Å²) in [6, 6.07) is 0.327. The van der Waals surface area contributed by atoms with Gasteiger partial charge in [-0.05, 0) is 19.8 Å². The summed E-state index contributed by atoms with van der Waals surface area (Å²) in [6.45, 7) is 5.30. The van der Waals surface area contributed by atoms with E-state index < -0.39 is 0 Å². The van der Waals surface area contributed by atoms with Gasteiger partial charge in [-0.1, -0.05) is 76.3 Å². The number of nitrogens with zero attached hydrogens (tertiary/aromatic N) is 3. The molecule has 132 valence electrons. The molecule has 1 aliphatic heterocycles. The molecule has 4 heteroatoms. The molecule has 1 aliphatic rings. The molecule has 0 radical (unpaired) electrons. The number of unbranched alkanes of at least 4 members (excludes halogenated alkanes) is 10. The van der Waals surface area contributed by atoms with Gasteiger partial charge in [0, 0.05) is 6.20 Å². The van der Waals surface area contributed by atoms with Crippen LogP contribution in [0.2, 0.25) is 0 Å². The molecular weight excluding hydrogens is 286 g/mol. The van der Waals surface area contributed by atoms with E-state index in [1.165, 1.54) is 70.6 Å². The lowest BCUT2D eigenvalue weighted by Crippen LogP contribution is -2.11. The van der Waals surface area contributed by atoms with E-state index in [1.807, 2.05) is 4.68 Å². The first kappa shape index (κ1) is 18.4. The Hall–Kier alpha value is -0.900. The minimum atomic E-state index is 0.327. The van der Waals surface area contributed by atoms with Gasteiger partial charge < -0.3 is 4.74 Å². The Morgan fingerprint density at radius 2 is 1.61 bits per heavy atom. The van der Waals surface area contributed by atoms with Crippen molar-refractivity contribution in [1.29, 1.82) is 0 Å². The maximum absolute atomic E-state index is 5.32. The molecule has 0 bridgehead atoms. The van der Waals surface area contributed by atoms with Crippen molar-refractivity contribution in [2.24, 2.45) is 0 Å². The molecule has 0 aromatic carbocycles. The minimum Gasteiger partial charge on any atom is -0.371 e. The predicted octanol–water partition coefficient (Wildman–Crippen LogP) is 5.09. The van der Waals surface area contributed by atoms with Crippen LogP contribution in [0, 0.1) is 0 Å². The average Bonchev–Trinajstić information content (AvgIpc) is 3.30. The van der Waals surface area contributed by atoms with Gasteiger partial charge in [-0.3, -0.25) is 0 Å². The van der Waals surface area contributed by atoms with Crippen molar-refractivity contribution in [3.05, 3.63) is 11.9 Å². The summed E-state index contributed by atoms with van der Waals surface area (Å²) in [5, 5.41) is 8.52. The van der Waals surface area contributed by atoms with E-state index >= 15 is 0 Å². The molecule has 1 saturated heterocycles. The van der Waals surface area contributed by atoms with Gasteiger partial charge in [-0.2, -0.15) is 0 Å². The van der Waals surface area contributed by atoms with Crippen LogP contribution in [0.1, 0.15) is 96.2 Å². The smallest absolute Gasteiger partial charge is 0.103 e. The maximum atomic E-state index is 5.32. The number of epoxide rings is 1. The molecule has 0 unspecified atom stereocenters. The van der Waals surface area contributed by atoms with Crippen molar-refractivity contribution in [3.8, 4) is 0 Å². The van der Waals surface area contributed by atoms with E-state index in [0.29, 0.717) is 12.1 Å². The Morgan fingerprint density at radius 3 is 2.17 bits per heavy atom. The highest BCUT2D eigenvalue weighted by atomic mass is 16.6. The minimum absolute atomic E-state index is 0.327. The Labute approximate surface area is 142 Å². The SMILES string of the molecule is CCCCCCCCCCCCCc1cn([C@@H](C)[C@@H]2CO2)nn1. The first-order valence-corrected chi connectivity index (χ1v) is 9.83. The summed E-state index contributed by atoms with van der Waals surface area (Å²) in [5.74, 6) is 0. The molecule has 4 nitrogen and oxygen atoms in total. The van der Waals surface area contributed by atoms with Crippen LogP contribution < -0.4 is 0 Å². The van der Waals surface area contributed by atoms with Crippen LogP contribution in [0.4, 0.5) is 0 Å². The fourth-order valence-electron chi connectivity index (χ4n) is 3.10. The van der Waals surface area contributed by atoms with E-state index in [1.54, 1.807) is 0 Å². The molecule has 1 aromatic heterocycles. The third-order valence-electron chi connectivity index (χ3n) is 4.91. The lowest BCUT2D eigenvalue weighted by atomic mass is 10.0. The van der Waals surface area contributed by atoms with Crippen LogP contribution in [0.5, 0.6) is 0 Å². The number of hydrogen-bond acceptors (Lipinski definition) is 3. The molecule has 2 heterocycles. The zero-order chi connectivity index (χ0) is 16.3. The molecule has 23 heavy (non-hydrogen) atoms. The molecule has 0 aliphatic carbocycles. The Morgan fingerprint density at radius 1 is 1.04 bits per heavy atom. The monoisotopic (exact) mass is 321 g/mol. The highest BCUT2D eigenvalue weighted by Crippen LogP contribution is 2.23. The third-order valence-corrected chi connectivity index (χ3v) is 4.91. The number of ether oxygens (including phenoxy) is 1. The lowest BCUT2D eigenvalue weighted by molar-refractivity contribution is 0.322. The Balaban J connectivity index is 1.42. The van der Waals surface area contributed by atoms with Gasteiger partial charge in [0.1, 0.15) is 6.10 Å². The summed E-state index contributed by atoms with van der Waals surface area (Å²) < 4.78 is 7.28. The number of aromatic nitrogens is 3. The van der Waals surface area contributed by atoms with Crippen LogP contribution in [-0.4, -0.2) is 27.7 Å². The second-order valence-electron chi connectivity index (χ2n) is 7.09. The Kier molecular flexibility index (Phi) is 8.66. The van der Waals surface area contributed by atoms with Crippen molar-refractivity contribution in [3.63, 3.8) is 0 Å². The first-order chi connectivity index (χ1) is 11.3. The third kappa shape index (κ3) is 7.47. The van der Waals surface area contributed by atoms with E-state index in [4.69, 9.17) is 4.74 Å². The zero-order valence-corrected chi connectivity index (χ0v) is 15.2. The second-order valence-corrected chi connectivity index (χ2v) is 7.09. The summed E-state index contributed by atoms with van der Waals surface area (Å²) in [7, 11) is 0. The van der Waals surface area contributed by atoms with Crippen molar-refractivity contribution < 1.29 is 4.74 Å². The van der Waals surface area contributed by atoms with E-state index in [9.17, 15) is 0 Å². The van der Waals surface area contributed by atoms with Gasteiger partial charge in [0.25, 0.3) is 0 Å². The van der Waals surface area contributed by atoms with Crippen LogP contribution in [0.15, 0.2) is 6.20 Å². The van der Waals surface area contributed by atoms with Crippen molar-refractivity contribution in [1.82, 2.24) is 15.0 Å². The molecule has 0 spiro atoms. The van der Waals surface area contributed by atoms with Crippen LogP contribution >= 0.6 is 0 Å². The van der Waals surface area contributed by atoms with Gasteiger partial charge in [-0.15, -0.1) is 5.10 Å². The fourth-order valence-corrected chi connectivity index (χ4v) is 3.10. The van der Waals surface area contributed by atoms with E-state index in [2.05, 4.69) is 30.4 Å². The largest absolute Gasteiger partial charge is 0.371 e. The highest BCUT2D eigenvalue weighted by molar-refractivity contribution is 4.95. The number of rotatable bonds is 14. The Bertz CT molecular complexity index is 415. The summed E-state index contributed by atoms with van der Waals surface area (Å²) in [5.41, 5.74) is 1.13. The molecule has 1 fully saturated rings. The van der Waals surface area contributed by atoms with E-state index in [0.717, 1.165) is 18.7 Å². The topological polar surface area (TPSA) is 43.2 Å². The average molecular weight is 322 g/mol. The second kappa shape index (κ2) is 10.8. The standard InChI is InChI=1S/C19H35N3O/c1-3-4-5-6-7-8-9-10-11-12-13-14-18-15-22(21-20-18)17(2)19-16-23-19/h15,17,19H,3-14,16H2,1-2H3/t17-,19-/m0/s1. The maximum Gasteiger partial charge on any atom is 0.103 e. The summed E-state index contributed by atoms with van der Waals surface area (Å²) >= 11 is 0. The van der Waals surface area contributed by atoms with Crippen molar-refractivity contribution in [2.45, 2.75) is 103 Å². The van der Waals surface area contributed by atoms with Crippen LogP contribution in [-0.2, 0) is 11.2 Å². The van der Waals surface area contributed by atoms with Gasteiger partial charge in [0.05, 0.1) is 18.3 Å². The summed E-state index contributed by atoms with van der Waals surface area (Å²) in [6.07, 6.45) is 18.8. The molecule has 2 atom stereocenters. The van der Waals surface area contributed by atoms with Crippen LogP contribution in [0.3, 0.4) is 0 Å². The van der Waals surface area contributed by atoms with Crippen molar-refractivity contribution in [2.75, 3.05) is 6.61 Å². The first-order valence-electron chi connectivity index (χ1n) is 9.83. The van der Waals surface area contributed by atoms with Gasteiger partial charge >= 0.3 is 0 Å². The van der Waals surface area contributed by atoms with Gasteiger partial charge in [-0.25, -0.2) is 4.68 Å². The van der Waals surface area contributed by atoms with Gasteiger partial charge in [0.15, 0.2) is 0 Å². The molecule has 2 rings (SSSR count). The van der Waals surface area contributed by atoms with Gasteiger partial charge in [0.2, 0.25) is 0 Å². The van der Waals surface area contributed by atoms with Crippen LogP contribution in [0.25, 0.3) is 0 Å². The fraction of sp³-hybridized carbons (Fsp3) is 0.895. The molecule has 0 amide bonds. The zero-order valence-electron chi connectivity index (χ0n) is 15.2. The predicted molar refractivity (Wildman–Crippen MR) is 94.6 cm³/mol. The number of aryl methyl sites for hydroxylation is 1. The van der Waals surface area contributed by atoms with Crippen molar-refractivity contribution >= 4 is 0 Å². The highest BCUT2D eigenvalue weighted by Gasteiger charge is 2.31. The molecule has 1 aromatic rings. The number of hydrogen-bond donors (Lipinski definition) is 0. The molecular formula is C19H35N3O.